The maximum absolute atomic E-state index is 10.3. The number of benzene rings is 1. The highest BCUT2D eigenvalue weighted by Gasteiger charge is 2.37. The molecule has 0 saturated heterocycles. The van der Waals surface area contributed by atoms with Gasteiger partial charge in [0.2, 0.25) is 0 Å². The molecule has 0 amide bonds. The zero-order chi connectivity index (χ0) is 19.1. The summed E-state index contributed by atoms with van der Waals surface area (Å²) in [7, 11) is -0.101. The van der Waals surface area contributed by atoms with Crippen molar-refractivity contribution in [2.45, 2.75) is 65.0 Å². The van der Waals surface area contributed by atoms with Crippen LogP contribution in [-0.4, -0.2) is 39.9 Å². The number of ether oxygens (including phenoxy) is 2. The van der Waals surface area contributed by atoms with Crippen LogP contribution in [0.15, 0.2) is 24.3 Å². The molecule has 0 aliphatic heterocycles. The second-order valence-electron chi connectivity index (χ2n) is 8.31. The van der Waals surface area contributed by atoms with Crippen molar-refractivity contribution in [1.82, 2.24) is 0 Å². The predicted molar refractivity (Wildman–Crippen MR) is 106 cm³/mol. The quantitative estimate of drug-likeness (QED) is 0.483. The molecule has 0 aromatic heterocycles. The molecule has 1 N–H and O–H groups in total. The number of rotatable bonds is 10. The van der Waals surface area contributed by atoms with Crippen LogP contribution >= 0.6 is 0 Å². The van der Waals surface area contributed by atoms with E-state index in [0.717, 1.165) is 11.3 Å². The maximum Gasteiger partial charge on any atom is 0.191 e. The molecule has 1 aromatic carbocycles. The standard InChI is InChI=1S/C20H36O4Si/c1-16(14-24-25(6,7)20(2,3)4)19(21)12-13-23-15-17-8-10-18(22-5)11-9-17/h8-11,16,19,21H,12-15H2,1-7H3/t16-,19+/m1/s1. The van der Waals surface area contributed by atoms with Gasteiger partial charge in [-0.3, -0.25) is 0 Å². The molecule has 1 rings (SSSR count). The zero-order valence-corrected chi connectivity index (χ0v) is 18.0. The van der Waals surface area contributed by atoms with E-state index in [1.165, 1.54) is 0 Å². The third-order valence-corrected chi connectivity index (χ3v) is 9.66. The van der Waals surface area contributed by atoms with Gasteiger partial charge >= 0.3 is 0 Å². The van der Waals surface area contributed by atoms with Crippen LogP contribution in [0, 0.1) is 5.92 Å². The van der Waals surface area contributed by atoms with E-state index in [9.17, 15) is 5.11 Å². The molecule has 4 nitrogen and oxygen atoms in total. The second-order valence-corrected chi connectivity index (χ2v) is 13.1. The molecule has 0 heterocycles. The molecule has 144 valence electrons. The molecule has 0 saturated carbocycles. The van der Waals surface area contributed by atoms with Gasteiger partial charge in [-0.1, -0.05) is 39.8 Å². The number of aliphatic hydroxyl groups excluding tert-OH is 1. The number of methoxy groups -OCH3 is 1. The van der Waals surface area contributed by atoms with Gasteiger partial charge in [-0.25, -0.2) is 0 Å². The van der Waals surface area contributed by atoms with E-state index in [0.29, 0.717) is 26.2 Å². The van der Waals surface area contributed by atoms with Crippen molar-refractivity contribution in [1.29, 1.82) is 0 Å². The minimum Gasteiger partial charge on any atom is -0.497 e. The first-order valence-electron chi connectivity index (χ1n) is 9.09. The van der Waals surface area contributed by atoms with E-state index in [-0.39, 0.29) is 11.0 Å². The van der Waals surface area contributed by atoms with Gasteiger partial charge in [-0.15, -0.1) is 0 Å². The van der Waals surface area contributed by atoms with Crippen molar-refractivity contribution >= 4 is 8.32 Å². The van der Waals surface area contributed by atoms with Gasteiger partial charge in [0, 0.05) is 19.1 Å². The summed E-state index contributed by atoms with van der Waals surface area (Å²) in [4.78, 5) is 0. The van der Waals surface area contributed by atoms with Crippen molar-refractivity contribution in [3.63, 3.8) is 0 Å². The van der Waals surface area contributed by atoms with Crippen molar-refractivity contribution in [2.24, 2.45) is 5.92 Å². The molecular weight excluding hydrogens is 332 g/mol. The molecular formula is C20H36O4Si. The summed E-state index contributed by atoms with van der Waals surface area (Å²) in [5, 5.41) is 10.5. The van der Waals surface area contributed by atoms with E-state index in [4.69, 9.17) is 13.9 Å². The van der Waals surface area contributed by atoms with Crippen molar-refractivity contribution in [3.8, 4) is 5.75 Å². The van der Waals surface area contributed by atoms with Gasteiger partial charge in [0.1, 0.15) is 5.75 Å². The van der Waals surface area contributed by atoms with Gasteiger partial charge in [-0.2, -0.15) is 0 Å². The first-order valence-corrected chi connectivity index (χ1v) is 12.0. The fraction of sp³-hybridized carbons (Fsp3) is 0.700. The highest BCUT2D eigenvalue weighted by Crippen LogP contribution is 2.36. The zero-order valence-electron chi connectivity index (χ0n) is 17.0. The molecule has 0 spiro atoms. The molecule has 0 radical (unpaired) electrons. The van der Waals surface area contributed by atoms with Gasteiger partial charge in [0.25, 0.3) is 0 Å². The van der Waals surface area contributed by atoms with Gasteiger partial charge < -0.3 is 19.0 Å². The average molecular weight is 369 g/mol. The lowest BCUT2D eigenvalue weighted by atomic mass is 10.0. The normalized spacial score (nSPS) is 15.0. The Labute approximate surface area is 154 Å². The first-order chi connectivity index (χ1) is 11.6. The lowest BCUT2D eigenvalue weighted by Crippen LogP contribution is -2.42. The molecule has 0 aliphatic rings. The summed E-state index contributed by atoms with van der Waals surface area (Å²) in [5.74, 6) is 0.952. The Morgan fingerprint density at radius 1 is 1.12 bits per heavy atom. The lowest BCUT2D eigenvalue weighted by Gasteiger charge is -2.37. The Hall–Kier alpha value is -0.883. The van der Waals surface area contributed by atoms with E-state index >= 15 is 0 Å². The minimum atomic E-state index is -1.76. The third-order valence-electron chi connectivity index (χ3n) is 5.16. The van der Waals surface area contributed by atoms with Crippen LogP contribution in [0.25, 0.3) is 0 Å². The number of hydrogen-bond donors (Lipinski definition) is 1. The minimum absolute atomic E-state index is 0.110. The van der Waals surface area contributed by atoms with E-state index < -0.39 is 14.4 Å². The molecule has 5 heteroatoms. The van der Waals surface area contributed by atoms with E-state index in [1.54, 1.807) is 7.11 Å². The van der Waals surface area contributed by atoms with Crippen LogP contribution in [0.5, 0.6) is 5.75 Å². The topological polar surface area (TPSA) is 47.9 Å². The van der Waals surface area contributed by atoms with Crippen LogP contribution in [0.2, 0.25) is 18.1 Å². The monoisotopic (exact) mass is 368 g/mol. The van der Waals surface area contributed by atoms with Crippen LogP contribution in [0.3, 0.4) is 0 Å². The van der Waals surface area contributed by atoms with Crippen LogP contribution in [-0.2, 0) is 15.8 Å². The molecule has 0 bridgehead atoms. The highest BCUT2D eigenvalue weighted by molar-refractivity contribution is 6.74. The second kappa shape index (κ2) is 9.71. The Balaban J connectivity index is 2.27. The van der Waals surface area contributed by atoms with Gasteiger partial charge in [-0.05, 0) is 42.2 Å². The Bertz CT molecular complexity index is 493. The maximum atomic E-state index is 10.3. The Kier molecular flexibility index (Phi) is 8.61. The van der Waals surface area contributed by atoms with Crippen LogP contribution in [0.4, 0.5) is 0 Å². The van der Waals surface area contributed by atoms with Crippen LogP contribution in [0.1, 0.15) is 39.7 Å². The molecule has 2 atom stereocenters. The Morgan fingerprint density at radius 2 is 1.72 bits per heavy atom. The van der Waals surface area contributed by atoms with Gasteiger partial charge in [0.05, 0.1) is 19.8 Å². The summed E-state index contributed by atoms with van der Waals surface area (Å²) < 4.78 is 17.0. The highest BCUT2D eigenvalue weighted by atomic mass is 28.4. The summed E-state index contributed by atoms with van der Waals surface area (Å²) in [6.07, 6.45) is 0.221. The Morgan fingerprint density at radius 3 is 2.24 bits per heavy atom. The fourth-order valence-corrected chi connectivity index (χ4v) is 3.18. The van der Waals surface area contributed by atoms with Gasteiger partial charge in [0.15, 0.2) is 8.32 Å². The van der Waals surface area contributed by atoms with E-state index in [1.807, 2.05) is 31.2 Å². The van der Waals surface area contributed by atoms with Crippen LogP contribution < -0.4 is 4.74 Å². The smallest absolute Gasteiger partial charge is 0.191 e. The number of aliphatic hydroxyl groups is 1. The molecule has 1 aromatic rings. The predicted octanol–water partition coefficient (Wildman–Crippen LogP) is 4.62. The SMILES string of the molecule is COc1ccc(COCC[C@H](O)[C@H](C)CO[Si](C)(C)C(C)(C)C)cc1. The van der Waals surface area contributed by atoms with Crippen molar-refractivity contribution < 1.29 is 19.0 Å². The first kappa shape index (κ1) is 22.2. The average Bonchev–Trinajstić information content (AvgIpc) is 2.55. The number of hydrogen-bond acceptors (Lipinski definition) is 4. The van der Waals surface area contributed by atoms with E-state index in [2.05, 4.69) is 33.9 Å². The van der Waals surface area contributed by atoms with Crippen molar-refractivity contribution in [3.05, 3.63) is 29.8 Å². The summed E-state index contributed by atoms with van der Waals surface area (Å²) in [6.45, 7) is 14.9. The fourth-order valence-electron chi connectivity index (χ4n) is 2.07. The molecule has 0 fully saturated rings. The summed E-state index contributed by atoms with van der Waals surface area (Å²) >= 11 is 0. The van der Waals surface area contributed by atoms with Crippen molar-refractivity contribution in [2.75, 3.05) is 20.3 Å². The molecule has 0 aliphatic carbocycles. The summed E-state index contributed by atoms with van der Waals surface area (Å²) in [5.41, 5.74) is 1.10. The summed E-state index contributed by atoms with van der Waals surface area (Å²) in [6, 6.07) is 7.83. The third kappa shape index (κ3) is 7.48. The lowest BCUT2D eigenvalue weighted by molar-refractivity contribution is 0.0341. The molecule has 25 heavy (non-hydrogen) atoms. The molecule has 0 unspecified atom stereocenters. The largest absolute Gasteiger partial charge is 0.497 e.